The molecule has 0 amide bonds. The number of nitrogens with zero attached hydrogens (tertiary/aromatic N) is 4. The Balaban J connectivity index is 2.99. The van der Waals surface area contributed by atoms with E-state index < -0.39 is 0 Å². The maximum absolute atomic E-state index is 8.54. The average Bonchev–Trinajstić information content (AvgIpc) is 2.16. The maximum Gasteiger partial charge on any atom is 0.0992 e. The lowest BCUT2D eigenvalue weighted by Gasteiger charge is -1.98. The molecule has 64 valence electrons. The van der Waals surface area contributed by atoms with E-state index in [4.69, 9.17) is 22.4 Å². The second-order valence-corrected chi connectivity index (χ2v) is 2.71. The molecule has 0 atom stereocenters. The fourth-order valence-electron chi connectivity index (χ4n) is 0.853. The molecule has 0 fully saturated rings. The predicted octanol–water partition coefficient (Wildman–Crippen LogP) is 3.02. The summed E-state index contributed by atoms with van der Waals surface area (Å²) in [4.78, 5) is 2.62. The Bertz CT molecular complexity index is 401. The van der Waals surface area contributed by atoms with Gasteiger partial charge in [0.2, 0.25) is 0 Å². The fraction of sp³-hybridized carbons (Fsp3) is 0.125. The van der Waals surface area contributed by atoms with Crippen LogP contribution in [0.5, 0.6) is 0 Å². The minimum atomic E-state index is 0.209. The Labute approximate surface area is 80.0 Å². The van der Waals surface area contributed by atoms with Crippen molar-refractivity contribution in [3.63, 3.8) is 0 Å². The van der Waals surface area contributed by atoms with Gasteiger partial charge in [0.1, 0.15) is 0 Å². The van der Waals surface area contributed by atoms with Crippen LogP contribution in [0.3, 0.4) is 0 Å². The SMILES string of the molecule is N#Cc1ccc(CN=[N+]=[N-])c(Cl)c1. The van der Waals surface area contributed by atoms with Crippen LogP contribution in [0.4, 0.5) is 0 Å². The molecule has 0 aromatic heterocycles. The highest BCUT2D eigenvalue weighted by atomic mass is 35.5. The molecule has 5 heteroatoms. The van der Waals surface area contributed by atoms with Crippen molar-refractivity contribution in [1.82, 2.24) is 0 Å². The van der Waals surface area contributed by atoms with Gasteiger partial charge in [-0.1, -0.05) is 22.8 Å². The van der Waals surface area contributed by atoms with Gasteiger partial charge in [-0.3, -0.25) is 0 Å². The quantitative estimate of drug-likeness (QED) is 0.403. The minimum absolute atomic E-state index is 0.209. The number of hydrogen-bond donors (Lipinski definition) is 0. The molecule has 0 aliphatic rings. The lowest BCUT2D eigenvalue weighted by molar-refractivity contribution is 1.05. The molecule has 1 aromatic rings. The molecule has 0 bridgehead atoms. The first-order valence-corrected chi connectivity index (χ1v) is 3.85. The van der Waals surface area contributed by atoms with E-state index in [9.17, 15) is 0 Å². The number of benzene rings is 1. The highest BCUT2D eigenvalue weighted by Gasteiger charge is 1.99. The first-order chi connectivity index (χ1) is 6.27. The minimum Gasteiger partial charge on any atom is -0.192 e. The maximum atomic E-state index is 8.54. The highest BCUT2D eigenvalue weighted by Crippen LogP contribution is 2.18. The van der Waals surface area contributed by atoms with Gasteiger partial charge in [-0.2, -0.15) is 5.26 Å². The van der Waals surface area contributed by atoms with Crippen LogP contribution < -0.4 is 0 Å². The molecule has 1 aromatic carbocycles. The molecule has 0 N–H and O–H groups in total. The molecule has 4 nitrogen and oxygen atoms in total. The average molecular weight is 193 g/mol. The summed E-state index contributed by atoms with van der Waals surface area (Å²) in [5.74, 6) is 0. The molecular weight excluding hydrogens is 188 g/mol. The first kappa shape index (κ1) is 9.40. The van der Waals surface area contributed by atoms with Crippen LogP contribution in [-0.2, 0) is 6.54 Å². The molecule has 0 saturated heterocycles. The van der Waals surface area contributed by atoms with Crippen molar-refractivity contribution < 1.29 is 0 Å². The first-order valence-electron chi connectivity index (χ1n) is 3.47. The third-order valence-corrected chi connectivity index (χ3v) is 1.84. The summed E-state index contributed by atoms with van der Waals surface area (Å²) in [5.41, 5.74) is 9.30. The zero-order valence-corrected chi connectivity index (χ0v) is 7.36. The van der Waals surface area contributed by atoms with Crippen LogP contribution >= 0.6 is 11.6 Å². The number of nitriles is 1. The molecular formula is C8H5ClN4. The summed E-state index contributed by atoms with van der Waals surface area (Å²) >= 11 is 5.81. The van der Waals surface area contributed by atoms with E-state index >= 15 is 0 Å². The van der Waals surface area contributed by atoms with Crippen LogP contribution in [0.2, 0.25) is 5.02 Å². The van der Waals surface area contributed by atoms with Crippen LogP contribution in [0, 0.1) is 11.3 Å². The smallest absolute Gasteiger partial charge is 0.0992 e. The normalized spacial score (nSPS) is 8.62. The third-order valence-electron chi connectivity index (χ3n) is 1.49. The number of rotatable bonds is 2. The summed E-state index contributed by atoms with van der Waals surface area (Å²) in [6.07, 6.45) is 0. The van der Waals surface area contributed by atoms with Crippen molar-refractivity contribution in [1.29, 1.82) is 5.26 Å². The van der Waals surface area contributed by atoms with Crippen molar-refractivity contribution in [2.75, 3.05) is 0 Å². The molecule has 13 heavy (non-hydrogen) atoms. The Morgan fingerprint density at radius 2 is 2.38 bits per heavy atom. The number of hydrogen-bond acceptors (Lipinski definition) is 2. The van der Waals surface area contributed by atoms with E-state index in [0.29, 0.717) is 10.6 Å². The van der Waals surface area contributed by atoms with Gasteiger partial charge in [0.25, 0.3) is 0 Å². The van der Waals surface area contributed by atoms with Gasteiger partial charge in [-0.15, -0.1) is 0 Å². The lowest BCUT2D eigenvalue weighted by Crippen LogP contribution is -1.83. The van der Waals surface area contributed by atoms with Crippen molar-refractivity contribution >= 4 is 11.6 Å². The van der Waals surface area contributed by atoms with Crippen LogP contribution in [0.25, 0.3) is 10.4 Å². The van der Waals surface area contributed by atoms with Gasteiger partial charge in [0.15, 0.2) is 0 Å². The van der Waals surface area contributed by atoms with E-state index in [0.717, 1.165) is 5.56 Å². The zero-order chi connectivity index (χ0) is 9.68. The largest absolute Gasteiger partial charge is 0.192 e. The van der Waals surface area contributed by atoms with E-state index in [1.54, 1.807) is 18.2 Å². The van der Waals surface area contributed by atoms with E-state index in [1.807, 2.05) is 6.07 Å². The topological polar surface area (TPSA) is 72.5 Å². The summed E-state index contributed by atoms with van der Waals surface area (Å²) in [7, 11) is 0. The van der Waals surface area contributed by atoms with Crippen LogP contribution in [0.1, 0.15) is 11.1 Å². The van der Waals surface area contributed by atoms with E-state index in [-0.39, 0.29) is 6.54 Å². The summed E-state index contributed by atoms with van der Waals surface area (Å²) in [6.45, 7) is 0.209. The second-order valence-electron chi connectivity index (χ2n) is 2.31. The Hall–Kier alpha value is -1.69. The van der Waals surface area contributed by atoms with Crippen molar-refractivity contribution in [3.8, 4) is 6.07 Å². The Kier molecular flexibility index (Phi) is 3.15. The predicted molar refractivity (Wildman–Crippen MR) is 49.0 cm³/mol. The molecule has 0 unspecified atom stereocenters. The number of halogens is 1. The van der Waals surface area contributed by atoms with Gasteiger partial charge in [0, 0.05) is 9.93 Å². The zero-order valence-electron chi connectivity index (χ0n) is 6.61. The molecule has 0 radical (unpaired) electrons. The molecule has 0 spiro atoms. The standard InChI is InChI=1S/C8H5ClN4/c9-8-3-6(4-10)1-2-7(8)5-12-13-11/h1-3H,5H2. The van der Waals surface area contributed by atoms with Gasteiger partial charge in [-0.05, 0) is 23.2 Å². The van der Waals surface area contributed by atoms with Gasteiger partial charge in [-0.25, -0.2) is 0 Å². The third kappa shape index (κ3) is 2.38. The van der Waals surface area contributed by atoms with Crippen LogP contribution in [0.15, 0.2) is 23.3 Å². The molecule has 0 aliphatic carbocycles. The molecule has 0 saturated carbocycles. The molecule has 0 heterocycles. The number of azide groups is 1. The summed E-state index contributed by atoms with van der Waals surface area (Å²) < 4.78 is 0. The van der Waals surface area contributed by atoms with Crippen molar-refractivity contribution in [3.05, 3.63) is 44.8 Å². The van der Waals surface area contributed by atoms with Gasteiger partial charge < -0.3 is 0 Å². The van der Waals surface area contributed by atoms with Gasteiger partial charge in [0.05, 0.1) is 18.2 Å². The summed E-state index contributed by atoms with van der Waals surface area (Å²) in [6, 6.07) is 6.82. The highest BCUT2D eigenvalue weighted by molar-refractivity contribution is 6.31. The second kappa shape index (κ2) is 4.36. The Morgan fingerprint density at radius 1 is 1.62 bits per heavy atom. The lowest BCUT2D eigenvalue weighted by atomic mass is 10.1. The molecule has 1 rings (SSSR count). The summed E-state index contributed by atoms with van der Waals surface area (Å²) in [5, 5.41) is 12.4. The fourth-order valence-corrected chi connectivity index (χ4v) is 1.09. The Morgan fingerprint density at radius 3 is 2.92 bits per heavy atom. The van der Waals surface area contributed by atoms with Crippen molar-refractivity contribution in [2.45, 2.75) is 6.54 Å². The monoisotopic (exact) mass is 192 g/mol. The van der Waals surface area contributed by atoms with Gasteiger partial charge >= 0.3 is 0 Å². The van der Waals surface area contributed by atoms with E-state index in [2.05, 4.69) is 10.0 Å². The van der Waals surface area contributed by atoms with E-state index in [1.165, 1.54) is 0 Å². The van der Waals surface area contributed by atoms with Crippen LogP contribution in [-0.4, -0.2) is 0 Å². The van der Waals surface area contributed by atoms with Crippen molar-refractivity contribution in [2.24, 2.45) is 5.11 Å². The molecule has 0 aliphatic heterocycles.